The van der Waals surface area contributed by atoms with E-state index in [1.54, 1.807) is 0 Å². The predicted molar refractivity (Wildman–Crippen MR) is 72.2 cm³/mol. The molecular weight excluding hydrogens is 212 g/mol. The minimum absolute atomic E-state index is 0.373. The average Bonchev–Trinajstić information content (AvgIpc) is 2.30. The van der Waals surface area contributed by atoms with Crippen LogP contribution in [-0.4, -0.2) is 11.9 Å². The Labute approximate surface area is 103 Å². The van der Waals surface area contributed by atoms with E-state index >= 15 is 0 Å². The summed E-state index contributed by atoms with van der Waals surface area (Å²) in [4.78, 5) is 11.2. The Bertz CT molecular complexity index is 401. The van der Waals surface area contributed by atoms with E-state index in [0.29, 0.717) is 17.5 Å². The first kappa shape index (κ1) is 13.6. The van der Waals surface area contributed by atoms with Crippen LogP contribution in [0, 0.1) is 12.8 Å². The molecule has 0 saturated carbocycles. The Hall–Kier alpha value is -1.51. The molecule has 3 N–H and O–H groups in total. The highest BCUT2D eigenvalue weighted by molar-refractivity contribution is 5.95. The van der Waals surface area contributed by atoms with Crippen LogP contribution in [0.1, 0.15) is 43.1 Å². The zero-order valence-electron chi connectivity index (χ0n) is 11.1. The number of anilines is 1. The van der Waals surface area contributed by atoms with Crippen molar-refractivity contribution in [2.24, 2.45) is 11.7 Å². The van der Waals surface area contributed by atoms with Gasteiger partial charge in [0.15, 0.2) is 0 Å². The molecule has 0 spiro atoms. The SMILES string of the molecule is CC[C@H](C)[C@@H](C)Nc1ccc(C)c(C(N)=O)c1. The van der Waals surface area contributed by atoms with Crippen LogP contribution in [0.2, 0.25) is 0 Å². The first-order valence-corrected chi connectivity index (χ1v) is 6.12. The van der Waals surface area contributed by atoms with Crippen LogP contribution in [0.4, 0.5) is 5.69 Å². The third-order valence-electron chi connectivity index (χ3n) is 3.39. The van der Waals surface area contributed by atoms with E-state index in [9.17, 15) is 4.79 Å². The summed E-state index contributed by atoms with van der Waals surface area (Å²) in [6, 6.07) is 6.12. The molecule has 1 rings (SSSR count). The van der Waals surface area contributed by atoms with E-state index in [-0.39, 0.29) is 5.91 Å². The zero-order chi connectivity index (χ0) is 13.0. The second kappa shape index (κ2) is 5.71. The molecule has 0 aromatic heterocycles. The lowest BCUT2D eigenvalue weighted by atomic mass is 10.00. The Morgan fingerprint density at radius 1 is 1.41 bits per heavy atom. The number of primary amides is 1. The predicted octanol–water partition coefficient (Wildman–Crippen LogP) is 2.94. The summed E-state index contributed by atoms with van der Waals surface area (Å²) in [7, 11) is 0. The molecule has 1 aromatic rings. The van der Waals surface area contributed by atoms with Gasteiger partial charge in [-0.1, -0.05) is 26.3 Å². The first-order valence-electron chi connectivity index (χ1n) is 6.12. The number of rotatable bonds is 5. The van der Waals surface area contributed by atoms with E-state index in [2.05, 4.69) is 26.1 Å². The van der Waals surface area contributed by atoms with Crippen LogP contribution >= 0.6 is 0 Å². The fourth-order valence-corrected chi connectivity index (χ4v) is 1.74. The Kier molecular flexibility index (Phi) is 4.55. The molecule has 0 fully saturated rings. The van der Waals surface area contributed by atoms with Crippen molar-refractivity contribution in [1.82, 2.24) is 0 Å². The van der Waals surface area contributed by atoms with Gasteiger partial charge in [-0.3, -0.25) is 4.79 Å². The van der Waals surface area contributed by atoms with Gasteiger partial charge in [0.05, 0.1) is 0 Å². The second-order valence-electron chi connectivity index (χ2n) is 4.71. The maximum absolute atomic E-state index is 11.2. The molecule has 1 aromatic carbocycles. The lowest BCUT2D eigenvalue weighted by Gasteiger charge is -2.21. The normalized spacial score (nSPS) is 14.1. The van der Waals surface area contributed by atoms with Crippen molar-refractivity contribution < 1.29 is 4.79 Å². The maximum Gasteiger partial charge on any atom is 0.249 e. The summed E-state index contributed by atoms with van der Waals surface area (Å²) in [6.07, 6.45) is 1.13. The first-order chi connectivity index (χ1) is 7.95. The molecule has 0 unspecified atom stereocenters. The van der Waals surface area contributed by atoms with E-state index in [1.165, 1.54) is 0 Å². The maximum atomic E-state index is 11.2. The number of nitrogens with one attached hydrogen (secondary N) is 1. The van der Waals surface area contributed by atoms with Gasteiger partial charge in [-0.2, -0.15) is 0 Å². The van der Waals surface area contributed by atoms with Crippen molar-refractivity contribution in [3.63, 3.8) is 0 Å². The van der Waals surface area contributed by atoms with E-state index < -0.39 is 0 Å². The summed E-state index contributed by atoms with van der Waals surface area (Å²) in [5.41, 5.74) is 7.79. The Balaban J connectivity index is 2.86. The van der Waals surface area contributed by atoms with Crippen LogP contribution in [0.25, 0.3) is 0 Å². The molecule has 0 radical (unpaired) electrons. The largest absolute Gasteiger partial charge is 0.382 e. The molecule has 1 amide bonds. The number of amides is 1. The third-order valence-corrected chi connectivity index (χ3v) is 3.39. The molecule has 3 heteroatoms. The van der Waals surface area contributed by atoms with Gasteiger partial charge in [-0.25, -0.2) is 0 Å². The fourth-order valence-electron chi connectivity index (χ4n) is 1.74. The van der Waals surface area contributed by atoms with Crippen molar-refractivity contribution >= 4 is 11.6 Å². The zero-order valence-corrected chi connectivity index (χ0v) is 11.1. The lowest BCUT2D eigenvalue weighted by Crippen LogP contribution is -2.23. The van der Waals surface area contributed by atoms with Gasteiger partial charge in [0.25, 0.3) is 0 Å². The van der Waals surface area contributed by atoms with E-state index in [0.717, 1.165) is 17.7 Å². The molecule has 0 aliphatic rings. The molecule has 3 nitrogen and oxygen atoms in total. The summed E-state index contributed by atoms with van der Waals surface area (Å²) in [5, 5.41) is 3.41. The van der Waals surface area contributed by atoms with Crippen LogP contribution in [0.3, 0.4) is 0 Å². The Morgan fingerprint density at radius 3 is 2.59 bits per heavy atom. The van der Waals surface area contributed by atoms with Crippen molar-refractivity contribution in [1.29, 1.82) is 0 Å². The molecule has 0 aliphatic carbocycles. The van der Waals surface area contributed by atoms with Crippen molar-refractivity contribution in [3.05, 3.63) is 29.3 Å². The summed E-state index contributed by atoms with van der Waals surface area (Å²) >= 11 is 0. The van der Waals surface area contributed by atoms with Crippen molar-refractivity contribution in [2.75, 3.05) is 5.32 Å². The van der Waals surface area contributed by atoms with E-state index in [1.807, 2.05) is 25.1 Å². The topological polar surface area (TPSA) is 55.1 Å². The van der Waals surface area contributed by atoms with Gasteiger partial charge in [-0.05, 0) is 37.5 Å². The van der Waals surface area contributed by atoms with Crippen molar-refractivity contribution in [2.45, 2.75) is 40.2 Å². The van der Waals surface area contributed by atoms with Crippen LogP contribution in [0.5, 0.6) is 0 Å². The van der Waals surface area contributed by atoms with Gasteiger partial charge < -0.3 is 11.1 Å². The summed E-state index contributed by atoms with van der Waals surface area (Å²) in [6.45, 7) is 8.42. The van der Waals surface area contributed by atoms with Crippen LogP contribution in [-0.2, 0) is 0 Å². The molecule has 2 atom stereocenters. The molecule has 0 saturated heterocycles. The number of hydrogen-bond acceptors (Lipinski definition) is 2. The molecular formula is C14H22N2O. The number of aryl methyl sites for hydroxylation is 1. The van der Waals surface area contributed by atoms with Crippen LogP contribution in [0.15, 0.2) is 18.2 Å². The molecule has 0 heterocycles. The van der Waals surface area contributed by atoms with Crippen molar-refractivity contribution in [3.8, 4) is 0 Å². The quantitative estimate of drug-likeness (QED) is 0.823. The number of carbonyl (C=O) groups is 1. The molecule has 0 bridgehead atoms. The number of nitrogens with two attached hydrogens (primary N) is 1. The summed E-state index contributed by atoms with van der Waals surface area (Å²) < 4.78 is 0. The minimum Gasteiger partial charge on any atom is -0.382 e. The standard InChI is InChI=1S/C14H22N2O/c1-5-9(2)11(4)16-12-7-6-10(3)13(8-12)14(15)17/h6-9,11,16H,5H2,1-4H3,(H2,15,17)/t9-,11+/m0/s1. The average molecular weight is 234 g/mol. The Morgan fingerprint density at radius 2 is 2.06 bits per heavy atom. The second-order valence-corrected chi connectivity index (χ2v) is 4.71. The fraction of sp³-hybridized carbons (Fsp3) is 0.500. The lowest BCUT2D eigenvalue weighted by molar-refractivity contribution is 0.1000. The van der Waals surface area contributed by atoms with Gasteiger partial charge in [0.1, 0.15) is 0 Å². The number of hydrogen-bond donors (Lipinski definition) is 2. The molecule has 0 aliphatic heterocycles. The highest BCUT2D eigenvalue weighted by atomic mass is 16.1. The van der Waals surface area contributed by atoms with E-state index in [4.69, 9.17) is 5.73 Å². The van der Waals surface area contributed by atoms with Crippen LogP contribution < -0.4 is 11.1 Å². The number of carbonyl (C=O) groups excluding carboxylic acids is 1. The smallest absolute Gasteiger partial charge is 0.249 e. The third kappa shape index (κ3) is 3.48. The minimum atomic E-state index is -0.373. The summed E-state index contributed by atoms with van der Waals surface area (Å²) in [5.74, 6) is 0.218. The highest BCUT2D eigenvalue weighted by Crippen LogP contribution is 2.18. The highest BCUT2D eigenvalue weighted by Gasteiger charge is 2.11. The van der Waals surface area contributed by atoms with Gasteiger partial charge in [0, 0.05) is 17.3 Å². The monoisotopic (exact) mass is 234 g/mol. The number of benzene rings is 1. The van der Waals surface area contributed by atoms with Gasteiger partial charge in [-0.15, -0.1) is 0 Å². The molecule has 17 heavy (non-hydrogen) atoms. The van der Waals surface area contributed by atoms with Gasteiger partial charge >= 0.3 is 0 Å². The van der Waals surface area contributed by atoms with Gasteiger partial charge in [0.2, 0.25) is 5.91 Å². The molecule has 94 valence electrons.